The summed E-state index contributed by atoms with van der Waals surface area (Å²) in [6.45, 7) is 2.25. The molecule has 0 spiro atoms. The average molecular weight is 469 g/mol. The maximum atomic E-state index is 14.3. The van der Waals surface area contributed by atoms with Crippen molar-refractivity contribution in [2.45, 2.75) is 109 Å². The lowest BCUT2D eigenvalue weighted by molar-refractivity contribution is -0.354. The molecule has 0 amide bonds. The summed E-state index contributed by atoms with van der Waals surface area (Å²) in [7, 11) is 0. The molecule has 2 fully saturated rings. The predicted molar refractivity (Wildman–Crippen MR) is 123 cm³/mol. The van der Waals surface area contributed by atoms with E-state index in [-0.39, 0.29) is 11.8 Å². The van der Waals surface area contributed by atoms with E-state index in [1.54, 1.807) is 6.07 Å². The van der Waals surface area contributed by atoms with Crippen molar-refractivity contribution in [2.75, 3.05) is 0 Å². The first-order valence-corrected chi connectivity index (χ1v) is 13.4. The third-order valence-corrected chi connectivity index (χ3v) is 8.92. The number of halogens is 4. The zero-order chi connectivity index (χ0) is 23.4. The van der Waals surface area contributed by atoms with Crippen LogP contribution >= 0.6 is 0 Å². The van der Waals surface area contributed by atoms with Gasteiger partial charge >= 0.3 is 6.36 Å². The molecule has 3 aliphatic carbocycles. The van der Waals surface area contributed by atoms with Gasteiger partial charge < -0.3 is 0 Å². The first-order chi connectivity index (χ1) is 15.9. The largest absolute Gasteiger partial charge is 0.523 e. The molecular weight excluding hydrogens is 428 g/mol. The fourth-order valence-electron chi connectivity index (χ4n) is 7.29. The third kappa shape index (κ3) is 6.32. The quantitative estimate of drug-likeness (QED) is 0.273. The van der Waals surface area contributed by atoms with Crippen molar-refractivity contribution in [1.29, 1.82) is 0 Å². The summed E-state index contributed by atoms with van der Waals surface area (Å²) in [6.07, 6.45) is 10.3. The molecule has 5 heteroatoms. The van der Waals surface area contributed by atoms with Crippen molar-refractivity contribution in [2.24, 2.45) is 29.6 Å². The van der Waals surface area contributed by atoms with Crippen LogP contribution in [0.15, 0.2) is 18.2 Å². The molecule has 0 bridgehead atoms. The van der Waals surface area contributed by atoms with Crippen LogP contribution in [-0.2, 0) is 11.2 Å². The number of alkyl halides is 3. The Morgan fingerprint density at radius 3 is 2.39 bits per heavy atom. The van der Waals surface area contributed by atoms with Crippen LogP contribution in [0, 0.1) is 35.4 Å². The van der Waals surface area contributed by atoms with Gasteiger partial charge in [0.2, 0.25) is 0 Å². The topological polar surface area (TPSA) is 9.23 Å². The summed E-state index contributed by atoms with van der Waals surface area (Å²) in [5, 5.41) is 0. The molecule has 1 aromatic carbocycles. The third-order valence-electron chi connectivity index (χ3n) is 8.92. The van der Waals surface area contributed by atoms with Gasteiger partial charge in [-0.25, -0.2) is 4.39 Å². The number of benzene rings is 1. The summed E-state index contributed by atoms with van der Waals surface area (Å²) in [5.41, 5.74) is 0.827. The van der Waals surface area contributed by atoms with Gasteiger partial charge in [0.05, 0.1) is 6.10 Å². The second-order valence-corrected chi connectivity index (χ2v) is 11.0. The number of ether oxygens (including phenoxy) is 1. The average Bonchev–Trinajstić information content (AvgIpc) is 2.78. The van der Waals surface area contributed by atoms with Gasteiger partial charge in [-0.1, -0.05) is 64.0 Å². The van der Waals surface area contributed by atoms with Gasteiger partial charge in [-0.3, -0.25) is 4.74 Å². The van der Waals surface area contributed by atoms with Crippen LogP contribution in [0.25, 0.3) is 0 Å². The van der Waals surface area contributed by atoms with Crippen LogP contribution in [0.5, 0.6) is 0 Å². The van der Waals surface area contributed by atoms with Crippen LogP contribution < -0.4 is 0 Å². The Bertz CT molecular complexity index is 761. The molecule has 1 nitrogen and oxygen atoms in total. The number of hydrogen-bond acceptors (Lipinski definition) is 1. The van der Waals surface area contributed by atoms with E-state index in [4.69, 9.17) is 0 Å². The van der Waals surface area contributed by atoms with Crippen LogP contribution in [0.4, 0.5) is 17.6 Å². The molecule has 0 aliphatic heterocycles. The van der Waals surface area contributed by atoms with Crippen molar-refractivity contribution >= 4 is 0 Å². The Balaban J connectivity index is 1.37. The van der Waals surface area contributed by atoms with E-state index in [1.165, 1.54) is 69.9 Å². The predicted octanol–water partition coefficient (Wildman–Crippen LogP) is 9.16. The molecular formula is C28H40F4O. The second kappa shape index (κ2) is 11.1. The smallest absolute Gasteiger partial charge is 0.283 e. The van der Waals surface area contributed by atoms with E-state index < -0.39 is 18.3 Å². The Kier molecular flexibility index (Phi) is 8.41. The summed E-state index contributed by atoms with van der Waals surface area (Å²) in [5.74, 6) is 1.87. The van der Waals surface area contributed by atoms with E-state index in [9.17, 15) is 17.6 Å². The van der Waals surface area contributed by atoms with Gasteiger partial charge in [0.1, 0.15) is 5.82 Å². The van der Waals surface area contributed by atoms with E-state index >= 15 is 0 Å². The van der Waals surface area contributed by atoms with E-state index in [2.05, 4.69) is 11.7 Å². The highest BCUT2D eigenvalue weighted by Gasteiger charge is 2.46. The molecule has 33 heavy (non-hydrogen) atoms. The highest BCUT2D eigenvalue weighted by Crippen LogP contribution is 2.52. The molecule has 0 heterocycles. The number of hydrogen-bond donors (Lipinski definition) is 0. The lowest BCUT2D eigenvalue weighted by atomic mass is 9.60. The molecule has 0 radical (unpaired) electrons. The number of unbranched alkanes of at least 4 members (excludes halogenated alkanes) is 4. The molecule has 186 valence electrons. The Labute approximate surface area is 196 Å². The number of fused-ring (bicyclic) bond motifs is 2. The first-order valence-electron chi connectivity index (χ1n) is 13.4. The minimum Gasteiger partial charge on any atom is -0.283 e. The van der Waals surface area contributed by atoms with Crippen LogP contribution in [0.2, 0.25) is 0 Å². The molecule has 2 saturated carbocycles. The zero-order valence-corrected chi connectivity index (χ0v) is 20.0. The molecule has 0 N–H and O–H groups in total. The molecule has 0 saturated heterocycles. The lowest BCUT2D eigenvalue weighted by Gasteiger charge is -2.46. The van der Waals surface area contributed by atoms with Crippen molar-refractivity contribution in [1.82, 2.24) is 0 Å². The van der Waals surface area contributed by atoms with Gasteiger partial charge in [-0.2, -0.15) is 0 Å². The Hall–Kier alpha value is -1.10. The fourth-order valence-corrected chi connectivity index (χ4v) is 7.29. The van der Waals surface area contributed by atoms with Crippen LogP contribution in [-0.4, -0.2) is 6.36 Å². The number of rotatable bonds is 8. The summed E-state index contributed by atoms with van der Waals surface area (Å²) in [4.78, 5) is 0. The lowest BCUT2D eigenvalue weighted by Crippen LogP contribution is -2.38. The zero-order valence-electron chi connectivity index (χ0n) is 20.0. The van der Waals surface area contributed by atoms with Gasteiger partial charge in [0.15, 0.2) is 0 Å². The van der Waals surface area contributed by atoms with Crippen molar-refractivity contribution in [3.05, 3.63) is 35.1 Å². The highest BCUT2D eigenvalue weighted by atomic mass is 19.4. The normalized spacial score (nSPS) is 32.3. The minimum absolute atomic E-state index is 0.182. The van der Waals surface area contributed by atoms with Gasteiger partial charge in [0, 0.05) is 0 Å². The molecule has 1 aromatic rings. The SMILES string of the molecule is CCCCCCCC1CCC2CC(C3CCc4c(F)cccc4C3OC(F)(F)F)CCC2C1. The van der Waals surface area contributed by atoms with E-state index in [1.807, 2.05) is 0 Å². The van der Waals surface area contributed by atoms with E-state index in [0.29, 0.717) is 29.9 Å². The maximum absolute atomic E-state index is 14.3. The van der Waals surface area contributed by atoms with Crippen molar-refractivity contribution in [3.8, 4) is 0 Å². The monoisotopic (exact) mass is 468 g/mol. The molecule has 3 aliphatic rings. The standard InChI is InChI=1S/C28H40F4O/c1-2-3-4-5-6-8-19-11-12-21-18-22(14-13-20(21)17-19)23-15-16-24-25(9-7-10-26(24)29)27(23)33-28(30,31)32/h7,9-10,19-23,27H,2-6,8,11-18H2,1H3. The van der Waals surface area contributed by atoms with Crippen LogP contribution in [0.3, 0.4) is 0 Å². The Morgan fingerprint density at radius 2 is 1.61 bits per heavy atom. The molecule has 4 rings (SSSR count). The molecule has 6 atom stereocenters. The van der Waals surface area contributed by atoms with Crippen molar-refractivity contribution < 1.29 is 22.3 Å². The van der Waals surface area contributed by atoms with E-state index in [0.717, 1.165) is 31.1 Å². The van der Waals surface area contributed by atoms with Crippen molar-refractivity contribution in [3.63, 3.8) is 0 Å². The summed E-state index contributed by atoms with van der Waals surface area (Å²) in [6, 6.07) is 4.50. The fraction of sp³-hybridized carbons (Fsp3) is 0.786. The summed E-state index contributed by atoms with van der Waals surface area (Å²) >= 11 is 0. The van der Waals surface area contributed by atoms with Gasteiger partial charge in [-0.15, -0.1) is 13.2 Å². The molecule has 0 aromatic heterocycles. The second-order valence-electron chi connectivity index (χ2n) is 11.0. The van der Waals surface area contributed by atoms with Crippen LogP contribution in [0.1, 0.15) is 108 Å². The first kappa shape index (κ1) is 25.0. The molecule has 6 unspecified atom stereocenters. The maximum Gasteiger partial charge on any atom is 0.523 e. The Morgan fingerprint density at radius 1 is 0.879 bits per heavy atom. The van der Waals surface area contributed by atoms with Gasteiger partial charge in [0.25, 0.3) is 0 Å². The van der Waals surface area contributed by atoms with Gasteiger partial charge in [-0.05, 0) is 91.7 Å². The highest BCUT2D eigenvalue weighted by molar-refractivity contribution is 5.33. The summed E-state index contributed by atoms with van der Waals surface area (Å²) < 4.78 is 59.0. The minimum atomic E-state index is -4.71.